The van der Waals surface area contributed by atoms with E-state index in [0.717, 1.165) is 17.3 Å². The maximum Gasteiger partial charge on any atom is 0.243 e. The Morgan fingerprint density at radius 3 is 2.14 bits per heavy atom. The van der Waals surface area contributed by atoms with Crippen molar-refractivity contribution in [2.45, 2.75) is 36.2 Å². The molecule has 1 saturated carbocycles. The van der Waals surface area contributed by atoms with Gasteiger partial charge in [0.25, 0.3) is 0 Å². The highest BCUT2D eigenvalue weighted by molar-refractivity contribution is 9.10. The monoisotopic (exact) mass is 393 g/mol. The van der Waals surface area contributed by atoms with Gasteiger partial charge in [0.2, 0.25) is 10.0 Å². The Bertz CT molecular complexity index is 739. The molecule has 1 aromatic rings. The molecule has 0 unspecified atom stereocenters. The van der Waals surface area contributed by atoms with Crippen molar-refractivity contribution in [3.63, 3.8) is 0 Å². The van der Waals surface area contributed by atoms with Gasteiger partial charge in [0.1, 0.15) is 0 Å². The minimum absolute atomic E-state index is 0.0445. The van der Waals surface area contributed by atoms with Gasteiger partial charge in [0.15, 0.2) is 9.84 Å². The average molecular weight is 394 g/mol. The van der Waals surface area contributed by atoms with Gasteiger partial charge in [0.05, 0.1) is 16.4 Å². The Morgan fingerprint density at radius 1 is 1.05 bits per heavy atom. The Labute approximate surface area is 133 Å². The Kier molecular flexibility index (Phi) is 3.92. The fourth-order valence-corrected chi connectivity index (χ4v) is 6.69. The van der Waals surface area contributed by atoms with Crippen LogP contribution in [0, 0.1) is 0 Å². The van der Waals surface area contributed by atoms with Crippen molar-refractivity contribution in [3.05, 3.63) is 28.7 Å². The van der Waals surface area contributed by atoms with Gasteiger partial charge in [-0.25, -0.2) is 16.8 Å². The van der Waals surface area contributed by atoms with Crippen LogP contribution < -0.4 is 0 Å². The molecule has 0 bridgehead atoms. The van der Waals surface area contributed by atoms with Gasteiger partial charge in [0, 0.05) is 16.6 Å². The van der Waals surface area contributed by atoms with E-state index in [9.17, 15) is 16.8 Å². The number of hydrogen-bond acceptors (Lipinski definition) is 4. The smallest absolute Gasteiger partial charge is 0.229 e. The molecule has 0 radical (unpaired) electrons. The number of benzene rings is 1. The first-order chi connectivity index (χ1) is 9.79. The van der Waals surface area contributed by atoms with Crippen LogP contribution in [0.1, 0.15) is 19.3 Å². The molecule has 116 valence electrons. The molecule has 8 heteroatoms. The van der Waals surface area contributed by atoms with Gasteiger partial charge in [-0.3, -0.25) is 0 Å². The largest absolute Gasteiger partial charge is 0.243 e. The highest BCUT2D eigenvalue weighted by Crippen LogP contribution is 2.37. The standard InChI is InChI=1S/C13H16BrNO4S2/c14-10-1-5-13(6-2-10)21(18,19)15(11-3-4-11)12-7-8-20(16,17)9-12/h1-2,5-6,11-12H,3-4,7-9H2/t12-/m0/s1. The molecule has 0 amide bonds. The molecule has 1 atom stereocenters. The van der Waals surface area contributed by atoms with Crippen molar-refractivity contribution in [2.24, 2.45) is 0 Å². The summed E-state index contributed by atoms with van der Waals surface area (Å²) < 4.78 is 51.3. The van der Waals surface area contributed by atoms with Crippen LogP contribution in [0.4, 0.5) is 0 Å². The molecule has 3 rings (SSSR count). The minimum atomic E-state index is -3.64. The fourth-order valence-electron chi connectivity index (χ4n) is 2.72. The maximum atomic E-state index is 12.8. The second kappa shape index (κ2) is 5.33. The third-order valence-electron chi connectivity index (χ3n) is 3.86. The lowest BCUT2D eigenvalue weighted by molar-refractivity contribution is 0.332. The Hall–Kier alpha value is -0.440. The number of sulfone groups is 1. The van der Waals surface area contributed by atoms with Crippen molar-refractivity contribution < 1.29 is 16.8 Å². The lowest BCUT2D eigenvalue weighted by Gasteiger charge is -2.27. The van der Waals surface area contributed by atoms with Crippen molar-refractivity contribution in [3.8, 4) is 0 Å². The molecule has 1 aliphatic heterocycles. The van der Waals surface area contributed by atoms with Crippen molar-refractivity contribution >= 4 is 35.8 Å². The minimum Gasteiger partial charge on any atom is -0.229 e. The average Bonchev–Trinajstić information content (AvgIpc) is 3.14. The van der Waals surface area contributed by atoms with Crippen LogP contribution in [-0.4, -0.2) is 44.7 Å². The van der Waals surface area contributed by atoms with Crippen molar-refractivity contribution in [1.82, 2.24) is 4.31 Å². The molecule has 5 nitrogen and oxygen atoms in total. The van der Waals surface area contributed by atoms with Gasteiger partial charge < -0.3 is 0 Å². The zero-order chi connectivity index (χ0) is 15.3. The Morgan fingerprint density at radius 2 is 1.67 bits per heavy atom. The van der Waals surface area contributed by atoms with E-state index in [0.29, 0.717) is 6.42 Å². The van der Waals surface area contributed by atoms with Crippen LogP contribution >= 0.6 is 15.9 Å². The highest BCUT2D eigenvalue weighted by Gasteiger charge is 2.46. The number of sulfonamides is 1. The first-order valence-electron chi connectivity index (χ1n) is 6.79. The molecule has 1 aromatic carbocycles. The van der Waals surface area contributed by atoms with E-state index in [4.69, 9.17) is 0 Å². The number of hydrogen-bond donors (Lipinski definition) is 0. The number of nitrogens with zero attached hydrogens (tertiary/aromatic N) is 1. The summed E-state index contributed by atoms with van der Waals surface area (Å²) in [6.45, 7) is 0. The molecule has 21 heavy (non-hydrogen) atoms. The third kappa shape index (κ3) is 3.18. The van der Waals surface area contributed by atoms with Gasteiger partial charge in [-0.2, -0.15) is 4.31 Å². The normalized spacial score (nSPS) is 25.3. The number of halogens is 1. The summed E-state index contributed by atoms with van der Waals surface area (Å²) in [5.41, 5.74) is 0. The zero-order valence-corrected chi connectivity index (χ0v) is 14.5. The molecule has 0 N–H and O–H groups in total. The van der Waals surface area contributed by atoms with E-state index >= 15 is 0 Å². The molecule has 1 saturated heterocycles. The third-order valence-corrected chi connectivity index (χ3v) is 8.16. The zero-order valence-electron chi connectivity index (χ0n) is 11.3. The SMILES string of the molecule is O=S1(=O)CC[C@H](N(C2CC2)S(=O)(=O)c2ccc(Br)cc2)C1. The number of rotatable bonds is 4. The van der Waals surface area contributed by atoms with Crippen LogP contribution in [0.15, 0.2) is 33.6 Å². The summed E-state index contributed by atoms with van der Waals surface area (Å²) in [6.07, 6.45) is 2.02. The maximum absolute atomic E-state index is 12.8. The van der Waals surface area contributed by atoms with Crippen molar-refractivity contribution in [1.29, 1.82) is 0 Å². The quantitative estimate of drug-likeness (QED) is 0.781. The topological polar surface area (TPSA) is 71.5 Å². The molecule has 0 spiro atoms. The van der Waals surface area contributed by atoms with E-state index in [2.05, 4.69) is 15.9 Å². The lowest BCUT2D eigenvalue weighted by Crippen LogP contribution is -2.42. The molecular formula is C13H16BrNO4S2. The second-order valence-electron chi connectivity index (χ2n) is 5.58. The lowest BCUT2D eigenvalue weighted by atomic mass is 10.2. The van der Waals surface area contributed by atoms with Crippen molar-refractivity contribution in [2.75, 3.05) is 11.5 Å². The summed E-state index contributed by atoms with van der Waals surface area (Å²) >= 11 is 3.28. The molecular weight excluding hydrogens is 378 g/mol. The van der Waals surface area contributed by atoms with E-state index in [1.165, 1.54) is 4.31 Å². The fraction of sp³-hybridized carbons (Fsp3) is 0.538. The van der Waals surface area contributed by atoms with Crippen LogP contribution in [0.25, 0.3) is 0 Å². The molecule has 1 aliphatic carbocycles. The van der Waals surface area contributed by atoms with E-state index in [1.54, 1.807) is 24.3 Å². The first kappa shape index (κ1) is 15.5. The van der Waals surface area contributed by atoms with E-state index < -0.39 is 25.9 Å². The summed E-state index contributed by atoms with van der Waals surface area (Å²) in [6, 6.07) is 6.01. The predicted octanol–water partition coefficient (Wildman–Crippen LogP) is 1.79. The molecule has 2 fully saturated rings. The van der Waals surface area contributed by atoms with Crippen LogP contribution in [-0.2, 0) is 19.9 Å². The Balaban J connectivity index is 1.95. The van der Waals surface area contributed by atoms with Gasteiger partial charge >= 0.3 is 0 Å². The summed E-state index contributed by atoms with van der Waals surface area (Å²) in [5, 5.41) is 0. The molecule has 0 aromatic heterocycles. The van der Waals surface area contributed by atoms with Gasteiger partial charge in [-0.15, -0.1) is 0 Å². The van der Waals surface area contributed by atoms with Crippen LogP contribution in [0.2, 0.25) is 0 Å². The van der Waals surface area contributed by atoms with E-state index in [-0.39, 0.29) is 22.4 Å². The van der Waals surface area contributed by atoms with Crippen LogP contribution in [0.5, 0.6) is 0 Å². The van der Waals surface area contributed by atoms with E-state index in [1.807, 2.05) is 0 Å². The second-order valence-corrected chi connectivity index (χ2v) is 10.6. The predicted molar refractivity (Wildman–Crippen MR) is 83.2 cm³/mol. The van der Waals surface area contributed by atoms with Gasteiger partial charge in [-0.05, 0) is 43.5 Å². The highest BCUT2D eigenvalue weighted by atomic mass is 79.9. The molecule has 1 heterocycles. The first-order valence-corrected chi connectivity index (χ1v) is 10.8. The van der Waals surface area contributed by atoms with Gasteiger partial charge in [-0.1, -0.05) is 15.9 Å². The summed E-state index contributed by atoms with van der Waals surface area (Å²) in [5.74, 6) is 0.0238. The summed E-state index contributed by atoms with van der Waals surface area (Å²) in [4.78, 5) is 0.224. The molecule has 2 aliphatic rings. The van der Waals surface area contributed by atoms with Crippen LogP contribution in [0.3, 0.4) is 0 Å². The summed E-state index contributed by atoms with van der Waals surface area (Å²) in [7, 11) is -6.75.